The lowest BCUT2D eigenvalue weighted by Gasteiger charge is -2.32. The Morgan fingerprint density at radius 1 is 1.03 bits per heavy atom. The second kappa shape index (κ2) is 8.22. The molecule has 0 atom stereocenters. The monoisotopic (exact) mass is 436 g/mol. The minimum absolute atomic E-state index is 0.131. The van der Waals surface area contributed by atoms with Crippen LogP contribution in [-0.2, 0) is 16.6 Å². The van der Waals surface area contributed by atoms with Gasteiger partial charge in [0.05, 0.1) is 5.25 Å². The molecular formula is C24H28N4O2S. The van der Waals surface area contributed by atoms with Gasteiger partial charge in [0.15, 0.2) is 0 Å². The normalized spacial score (nSPS) is 18.4. The molecule has 2 aromatic carbocycles. The highest BCUT2D eigenvalue weighted by Gasteiger charge is 2.41. The smallest absolute Gasteiger partial charge is 0.216 e. The van der Waals surface area contributed by atoms with E-state index in [4.69, 9.17) is 5.73 Å². The number of nitrogens with zero attached hydrogens (tertiary/aromatic N) is 2. The zero-order valence-corrected chi connectivity index (χ0v) is 18.3. The van der Waals surface area contributed by atoms with E-state index >= 15 is 0 Å². The summed E-state index contributed by atoms with van der Waals surface area (Å²) < 4.78 is 26.8. The van der Waals surface area contributed by atoms with Crippen molar-refractivity contribution in [3.63, 3.8) is 0 Å². The Labute approximate surface area is 183 Å². The summed E-state index contributed by atoms with van der Waals surface area (Å²) in [5, 5.41) is 5.77. The van der Waals surface area contributed by atoms with Crippen LogP contribution >= 0.6 is 0 Å². The maximum absolute atomic E-state index is 12.5. The van der Waals surface area contributed by atoms with E-state index in [-0.39, 0.29) is 11.3 Å². The van der Waals surface area contributed by atoms with Gasteiger partial charge in [-0.05, 0) is 72.0 Å². The summed E-state index contributed by atoms with van der Waals surface area (Å²) in [7, 11) is -3.08. The molecule has 1 saturated carbocycles. The Kier molecular flexibility index (Phi) is 5.42. The standard InChI is InChI=1S/C24H28N4O2S/c25-15-17-2-1-3-18(12-17)20-13-19-6-9-26-16-23(19)24(14-20)27-21-7-10-28(11-8-21)31(29,30)22-4-5-22/h1-3,6,9,12-14,16,21-22,27H,4-5,7-8,10-11,15,25H2. The van der Waals surface area contributed by atoms with E-state index in [0.29, 0.717) is 19.6 Å². The van der Waals surface area contributed by atoms with E-state index in [2.05, 4.69) is 34.6 Å². The molecule has 2 heterocycles. The summed E-state index contributed by atoms with van der Waals surface area (Å²) in [4.78, 5) is 4.32. The fraction of sp³-hybridized carbons (Fsp3) is 0.375. The summed E-state index contributed by atoms with van der Waals surface area (Å²) in [6, 6.07) is 14.9. The van der Waals surface area contributed by atoms with E-state index < -0.39 is 10.0 Å². The average Bonchev–Trinajstić information content (AvgIpc) is 3.66. The highest BCUT2D eigenvalue weighted by molar-refractivity contribution is 7.90. The molecule has 2 fully saturated rings. The lowest BCUT2D eigenvalue weighted by Crippen LogP contribution is -2.43. The molecule has 2 aliphatic rings. The molecule has 0 unspecified atom stereocenters. The first-order chi connectivity index (χ1) is 15.0. The molecule has 0 bridgehead atoms. The molecular weight excluding hydrogens is 408 g/mol. The van der Waals surface area contributed by atoms with Crippen molar-refractivity contribution in [1.29, 1.82) is 0 Å². The van der Waals surface area contributed by atoms with Crippen molar-refractivity contribution in [2.45, 2.75) is 43.5 Å². The van der Waals surface area contributed by atoms with Crippen LogP contribution in [0.3, 0.4) is 0 Å². The zero-order chi connectivity index (χ0) is 21.4. The molecule has 3 aromatic rings. The van der Waals surface area contributed by atoms with Crippen LogP contribution in [0.15, 0.2) is 54.9 Å². The fourth-order valence-electron chi connectivity index (χ4n) is 4.41. The Morgan fingerprint density at radius 3 is 2.58 bits per heavy atom. The van der Waals surface area contributed by atoms with Crippen LogP contribution in [0.5, 0.6) is 0 Å². The quantitative estimate of drug-likeness (QED) is 0.615. The first kappa shape index (κ1) is 20.4. The van der Waals surface area contributed by atoms with Gasteiger partial charge in [-0.3, -0.25) is 4.98 Å². The van der Waals surface area contributed by atoms with E-state index in [9.17, 15) is 8.42 Å². The van der Waals surface area contributed by atoms with E-state index in [0.717, 1.165) is 58.8 Å². The SMILES string of the molecule is NCc1cccc(-c2cc(NC3CCN(S(=O)(=O)C4CC4)CC3)c3cnccc3c2)c1. The number of sulfonamides is 1. The zero-order valence-electron chi connectivity index (χ0n) is 17.5. The Morgan fingerprint density at radius 2 is 1.84 bits per heavy atom. The molecule has 1 aliphatic heterocycles. The van der Waals surface area contributed by atoms with Crippen LogP contribution in [0.4, 0.5) is 5.69 Å². The number of nitrogens with one attached hydrogen (secondary N) is 1. The van der Waals surface area contributed by atoms with Gasteiger partial charge in [0, 0.05) is 49.1 Å². The van der Waals surface area contributed by atoms with Gasteiger partial charge in [-0.2, -0.15) is 0 Å². The van der Waals surface area contributed by atoms with Gasteiger partial charge in [-0.1, -0.05) is 18.2 Å². The molecule has 6 nitrogen and oxygen atoms in total. The van der Waals surface area contributed by atoms with Gasteiger partial charge in [-0.25, -0.2) is 12.7 Å². The van der Waals surface area contributed by atoms with Crippen molar-refractivity contribution in [2.75, 3.05) is 18.4 Å². The minimum Gasteiger partial charge on any atom is -0.382 e. The highest BCUT2D eigenvalue weighted by Crippen LogP contribution is 2.34. The van der Waals surface area contributed by atoms with Crippen LogP contribution in [0.1, 0.15) is 31.2 Å². The third kappa shape index (κ3) is 4.18. The van der Waals surface area contributed by atoms with Gasteiger partial charge >= 0.3 is 0 Å². The molecule has 162 valence electrons. The third-order valence-electron chi connectivity index (χ3n) is 6.37. The summed E-state index contributed by atoms with van der Waals surface area (Å²) >= 11 is 0. The molecule has 0 spiro atoms. The molecule has 3 N–H and O–H groups in total. The number of rotatable bonds is 6. The number of nitrogens with two attached hydrogens (primary N) is 1. The Balaban J connectivity index is 1.40. The van der Waals surface area contributed by atoms with Gasteiger partial charge in [-0.15, -0.1) is 0 Å². The number of piperidine rings is 1. The molecule has 1 saturated heterocycles. The molecule has 1 aromatic heterocycles. The molecule has 7 heteroatoms. The molecule has 31 heavy (non-hydrogen) atoms. The minimum atomic E-state index is -3.08. The molecule has 0 radical (unpaired) electrons. The maximum atomic E-state index is 12.5. The van der Waals surface area contributed by atoms with Gasteiger partial charge < -0.3 is 11.1 Å². The molecule has 0 amide bonds. The lowest BCUT2D eigenvalue weighted by atomic mass is 9.98. The Hall–Kier alpha value is -2.48. The second-order valence-corrected chi connectivity index (χ2v) is 10.8. The fourth-order valence-corrected chi connectivity index (χ4v) is 6.29. The summed E-state index contributed by atoms with van der Waals surface area (Å²) in [6.07, 6.45) is 6.95. The number of hydrogen-bond donors (Lipinski definition) is 2. The summed E-state index contributed by atoms with van der Waals surface area (Å²) in [5.74, 6) is 0. The number of fused-ring (bicyclic) bond motifs is 1. The van der Waals surface area contributed by atoms with Crippen molar-refractivity contribution in [2.24, 2.45) is 5.73 Å². The first-order valence-electron chi connectivity index (χ1n) is 11.0. The predicted molar refractivity (Wildman–Crippen MR) is 125 cm³/mol. The van der Waals surface area contributed by atoms with Gasteiger partial charge in [0.2, 0.25) is 10.0 Å². The van der Waals surface area contributed by atoms with E-state index in [1.807, 2.05) is 30.6 Å². The highest BCUT2D eigenvalue weighted by atomic mass is 32.2. The third-order valence-corrected chi connectivity index (χ3v) is 8.77. The topological polar surface area (TPSA) is 88.3 Å². The maximum Gasteiger partial charge on any atom is 0.216 e. The number of benzene rings is 2. The van der Waals surface area contributed by atoms with Crippen molar-refractivity contribution < 1.29 is 8.42 Å². The van der Waals surface area contributed by atoms with Crippen molar-refractivity contribution in [1.82, 2.24) is 9.29 Å². The molecule has 1 aliphatic carbocycles. The summed E-state index contributed by atoms with van der Waals surface area (Å²) in [5.41, 5.74) is 10.2. The average molecular weight is 437 g/mol. The first-order valence-corrected chi connectivity index (χ1v) is 12.5. The van der Waals surface area contributed by atoms with Gasteiger partial charge in [0.1, 0.15) is 0 Å². The predicted octanol–water partition coefficient (Wildman–Crippen LogP) is 3.73. The van der Waals surface area contributed by atoms with Crippen LogP contribution in [-0.4, -0.2) is 42.1 Å². The van der Waals surface area contributed by atoms with Crippen LogP contribution in [0.25, 0.3) is 21.9 Å². The summed E-state index contributed by atoms with van der Waals surface area (Å²) in [6.45, 7) is 1.69. The van der Waals surface area contributed by atoms with Crippen molar-refractivity contribution in [3.05, 3.63) is 60.4 Å². The largest absolute Gasteiger partial charge is 0.382 e. The molecule has 5 rings (SSSR count). The van der Waals surface area contributed by atoms with E-state index in [1.54, 1.807) is 4.31 Å². The second-order valence-electron chi connectivity index (χ2n) is 8.59. The Bertz CT molecular complexity index is 1200. The number of aromatic nitrogens is 1. The van der Waals surface area contributed by atoms with Crippen molar-refractivity contribution >= 4 is 26.5 Å². The van der Waals surface area contributed by atoms with E-state index in [1.165, 1.54) is 0 Å². The number of anilines is 1. The van der Waals surface area contributed by atoms with Crippen molar-refractivity contribution in [3.8, 4) is 11.1 Å². The number of pyridine rings is 1. The van der Waals surface area contributed by atoms with Gasteiger partial charge in [0.25, 0.3) is 0 Å². The van der Waals surface area contributed by atoms with Crippen LogP contribution < -0.4 is 11.1 Å². The number of hydrogen-bond acceptors (Lipinski definition) is 5. The van der Waals surface area contributed by atoms with Crippen LogP contribution in [0.2, 0.25) is 0 Å². The van der Waals surface area contributed by atoms with Crippen LogP contribution in [0, 0.1) is 0 Å². The lowest BCUT2D eigenvalue weighted by molar-refractivity contribution is 0.329.